The fourth-order valence-electron chi connectivity index (χ4n) is 4.63. The summed E-state index contributed by atoms with van der Waals surface area (Å²) in [5.74, 6) is -0.231. The molecule has 0 aliphatic heterocycles. The second-order valence-electron chi connectivity index (χ2n) is 8.54. The third-order valence-corrected chi connectivity index (χ3v) is 6.06. The SMILES string of the molecule is CC1(C)CC(O)(C(F)(F)F)C(Nc2cccc3[nH]c(=O)ccc23)c2cc(Cl)cc(O)c21. The van der Waals surface area contributed by atoms with E-state index in [1.54, 1.807) is 18.2 Å². The lowest BCUT2D eigenvalue weighted by molar-refractivity contribution is -0.275. The van der Waals surface area contributed by atoms with E-state index >= 15 is 0 Å². The van der Waals surface area contributed by atoms with Crippen LogP contribution in [0, 0.1) is 0 Å². The Morgan fingerprint density at radius 2 is 1.90 bits per heavy atom. The van der Waals surface area contributed by atoms with Gasteiger partial charge in [0.2, 0.25) is 5.56 Å². The van der Waals surface area contributed by atoms with E-state index in [-0.39, 0.29) is 33.1 Å². The maximum atomic E-state index is 14.3. The molecule has 0 spiro atoms. The number of alkyl halides is 3. The fourth-order valence-corrected chi connectivity index (χ4v) is 4.85. The Labute approximate surface area is 180 Å². The number of nitrogens with one attached hydrogen (secondary N) is 2. The topological polar surface area (TPSA) is 85.4 Å². The van der Waals surface area contributed by atoms with Crippen LogP contribution in [0.15, 0.2) is 47.3 Å². The van der Waals surface area contributed by atoms with Crippen molar-refractivity contribution < 1.29 is 23.4 Å². The van der Waals surface area contributed by atoms with Crippen LogP contribution in [0.5, 0.6) is 5.75 Å². The zero-order chi connectivity index (χ0) is 22.8. The van der Waals surface area contributed by atoms with Crippen LogP contribution in [0.3, 0.4) is 0 Å². The molecule has 1 heterocycles. The molecule has 0 saturated heterocycles. The van der Waals surface area contributed by atoms with Crippen LogP contribution < -0.4 is 10.9 Å². The van der Waals surface area contributed by atoms with Gasteiger partial charge in [0, 0.05) is 27.7 Å². The normalized spacial score (nSPS) is 22.9. The molecule has 0 bridgehead atoms. The molecule has 2 atom stereocenters. The number of phenolic OH excluding ortho intramolecular Hbond substituents is 1. The molecule has 2 unspecified atom stereocenters. The predicted molar refractivity (Wildman–Crippen MR) is 113 cm³/mol. The number of aromatic amines is 1. The van der Waals surface area contributed by atoms with Crippen molar-refractivity contribution >= 4 is 28.2 Å². The Morgan fingerprint density at radius 1 is 1.19 bits per heavy atom. The summed E-state index contributed by atoms with van der Waals surface area (Å²) in [6, 6.07) is 8.48. The molecule has 0 radical (unpaired) electrons. The molecule has 3 aromatic rings. The van der Waals surface area contributed by atoms with Crippen molar-refractivity contribution in [1.82, 2.24) is 4.98 Å². The van der Waals surface area contributed by atoms with Crippen LogP contribution in [-0.4, -0.2) is 27.0 Å². The second-order valence-corrected chi connectivity index (χ2v) is 8.97. The number of aromatic nitrogens is 1. The minimum absolute atomic E-state index is 0.0486. The number of pyridine rings is 1. The first-order valence-corrected chi connectivity index (χ1v) is 9.92. The lowest BCUT2D eigenvalue weighted by Crippen LogP contribution is -2.58. The maximum absolute atomic E-state index is 14.3. The summed E-state index contributed by atoms with van der Waals surface area (Å²) in [6.45, 7) is 3.07. The average Bonchev–Trinajstić information content (AvgIpc) is 2.62. The first-order valence-electron chi connectivity index (χ1n) is 9.54. The lowest BCUT2D eigenvalue weighted by atomic mass is 9.63. The van der Waals surface area contributed by atoms with E-state index in [1.807, 2.05) is 0 Å². The van der Waals surface area contributed by atoms with Crippen LogP contribution in [0.1, 0.15) is 37.4 Å². The number of fused-ring (bicyclic) bond motifs is 2. The highest BCUT2D eigenvalue weighted by molar-refractivity contribution is 6.30. The molecule has 1 aromatic heterocycles. The van der Waals surface area contributed by atoms with E-state index in [2.05, 4.69) is 10.3 Å². The summed E-state index contributed by atoms with van der Waals surface area (Å²) in [5.41, 5.74) is -3.62. The number of halogens is 4. The van der Waals surface area contributed by atoms with Crippen molar-refractivity contribution in [2.75, 3.05) is 5.32 Å². The van der Waals surface area contributed by atoms with Gasteiger partial charge in [-0.1, -0.05) is 31.5 Å². The van der Waals surface area contributed by atoms with Gasteiger partial charge in [-0.15, -0.1) is 0 Å². The molecule has 0 amide bonds. The van der Waals surface area contributed by atoms with Gasteiger partial charge < -0.3 is 20.5 Å². The van der Waals surface area contributed by atoms with Crippen molar-refractivity contribution in [1.29, 1.82) is 0 Å². The second kappa shape index (κ2) is 6.90. The molecule has 5 nitrogen and oxygen atoms in total. The summed E-state index contributed by atoms with van der Waals surface area (Å²) in [4.78, 5) is 14.2. The van der Waals surface area contributed by atoms with Crippen LogP contribution >= 0.6 is 11.6 Å². The number of benzene rings is 2. The molecular weight excluding hydrogens is 433 g/mol. The molecule has 164 valence electrons. The number of anilines is 1. The monoisotopic (exact) mass is 452 g/mol. The van der Waals surface area contributed by atoms with Gasteiger partial charge >= 0.3 is 6.18 Å². The summed E-state index contributed by atoms with van der Waals surface area (Å²) in [6.07, 6.45) is -5.65. The molecular formula is C22H20ClF3N2O3. The smallest absolute Gasteiger partial charge is 0.419 e. The van der Waals surface area contributed by atoms with E-state index in [1.165, 1.54) is 38.1 Å². The summed E-state index contributed by atoms with van der Waals surface area (Å²) < 4.78 is 42.8. The van der Waals surface area contributed by atoms with Gasteiger partial charge in [-0.25, -0.2) is 0 Å². The van der Waals surface area contributed by atoms with Crippen LogP contribution in [-0.2, 0) is 5.41 Å². The Bertz CT molecular complexity index is 1240. The van der Waals surface area contributed by atoms with Gasteiger partial charge in [-0.2, -0.15) is 13.2 Å². The number of aromatic hydroxyl groups is 1. The molecule has 0 fully saturated rings. The van der Waals surface area contributed by atoms with Crippen molar-refractivity contribution in [3.05, 3.63) is 69.0 Å². The molecule has 1 aliphatic rings. The van der Waals surface area contributed by atoms with Crippen molar-refractivity contribution in [2.45, 2.75) is 43.5 Å². The molecule has 0 saturated carbocycles. The van der Waals surface area contributed by atoms with Crippen LogP contribution in [0.25, 0.3) is 10.9 Å². The van der Waals surface area contributed by atoms with Crippen molar-refractivity contribution in [3.63, 3.8) is 0 Å². The van der Waals surface area contributed by atoms with Crippen LogP contribution in [0.4, 0.5) is 18.9 Å². The van der Waals surface area contributed by atoms with Crippen molar-refractivity contribution in [3.8, 4) is 5.75 Å². The van der Waals surface area contributed by atoms with Gasteiger partial charge in [0.05, 0.1) is 11.6 Å². The third kappa shape index (κ3) is 3.43. The highest BCUT2D eigenvalue weighted by Crippen LogP contribution is 2.56. The fraction of sp³-hybridized carbons (Fsp3) is 0.318. The van der Waals surface area contributed by atoms with E-state index in [4.69, 9.17) is 11.6 Å². The van der Waals surface area contributed by atoms with Gasteiger partial charge in [-0.05, 0) is 47.7 Å². The number of rotatable bonds is 2. The van der Waals surface area contributed by atoms with Gasteiger partial charge in [-0.3, -0.25) is 4.79 Å². The first-order chi connectivity index (χ1) is 14.3. The Morgan fingerprint density at radius 3 is 2.58 bits per heavy atom. The van der Waals surface area contributed by atoms with E-state index < -0.39 is 29.7 Å². The minimum Gasteiger partial charge on any atom is -0.508 e. The average molecular weight is 453 g/mol. The van der Waals surface area contributed by atoms with Crippen molar-refractivity contribution in [2.24, 2.45) is 0 Å². The van der Waals surface area contributed by atoms with E-state index in [0.29, 0.717) is 10.9 Å². The number of H-pyrrole nitrogens is 1. The van der Waals surface area contributed by atoms with Gasteiger partial charge in [0.15, 0.2) is 5.60 Å². The summed E-state index contributed by atoms with van der Waals surface area (Å²) in [5, 5.41) is 24.9. The summed E-state index contributed by atoms with van der Waals surface area (Å²) >= 11 is 6.07. The number of hydrogen-bond donors (Lipinski definition) is 4. The maximum Gasteiger partial charge on any atom is 0.419 e. The predicted octanol–water partition coefficient (Wildman–Crippen LogP) is 5.02. The quantitative estimate of drug-likeness (QED) is 0.440. The molecule has 1 aliphatic carbocycles. The first kappa shape index (κ1) is 21.5. The standard InChI is InChI=1S/C22H20ClF3N2O3/c1-20(2)10-21(31,22(24,25)26)19(13-8-11(23)9-16(29)18(13)20)28-15-5-3-4-14-12(15)6-7-17(30)27-14/h3-9,19,28-29,31H,10H2,1-2H3,(H,27,30). The highest BCUT2D eigenvalue weighted by Gasteiger charge is 2.64. The Hall–Kier alpha value is -2.71. The Balaban J connectivity index is 1.97. The highest BCUT2D eigenvalue weighted by atomic mass is 35.5. The molecule has 31 heavy (non-hydrogen) atoms. The zero-order valence-electron chi connectivity index (χ0n) is 16.6. The number of aliphatic hydroxyl groups is 1. The largest absolute Gasteiger partial charge is 0.508 e. The molecule has 2 aromatic carbocycles. The Kier molecular flexibility index (Phi) is 4.79. The number of phenols is 1. The van der Waals surface area contributed by atoms with E-state index in [0.717, 1.165) is 0 Å². The zero-order valence-corrected chi connectivity index (χ0v) is 17.4. The van der Waals surface area contributed by atoms with Crippen LogP contribution in [0.2, 0.25) is 5.02 Å². The van der Waals surface area contributed by atoms with E-state index in [9.17, 15) is 28.2 Å². The molecule has 4 N–H and O–H groups in total. The minimum atomic E-state index is -4.98. The third-order valence-electron chi connectivity index (χ3n) is 5.85. The molecule has 9 heteroatoms. The number of hydrogen-bond acceptors (Lipinski definition) is 4. The summed E-state index contributed by atoms with van der Waals surface area (Å²) in [7, 11) is 0. The molecule has 4 rings (SSSR count). The van der Waals surface area contributed by atoms with Gasteiger partial charge in [0.1, 0.15) is 5.75 Å². The lowest BCUT2D eigenvalue weighted by Gasteiger charge is -2.49. The van der Waals surface area contributed by atoms with Gasteiger partial charge in [0.25, 0.3) is 0 Å².